The summed E-state index contributed by atoms with van der Waals surface area (Å²) in [7, 11) is 0. The van der Waals surface area contributed by atoms with Gasteiger partial charge in [0.2, 0.25) is 12.7 Å². The smallest absolute Gasteiger partial charge is 0.251 e. The van der Waals surface area contributed by atoms with Crippen molar-refractivity contribution in [3.63, 3.8) is 0 Å². The van der Waals surface area contributed by atoms with E-state index in [-0.39, 0.29) is 31.3 Å². The molecule has 23 heavy (non-hydrogen) atoms. The largest absolute Gasteiger partial charge is 0.454 e. The number of hydrogen-bond acceptors (Lipinski definition) is 5. The lowest BCUT2D eigenvalue weighted by atomic mass is 10.2. The van der Waals surface area contributed by atoms with Crippen molar-refractivity contribution in [2.24, 2.45) is 0 Å². The van der Waals surface area contributed by atoms with Gasteiger partial charge in [-0.3, -0.25) is 9.59 Å². The first-order valence-corrected chi connectivity index (χ1v) is 7.62. The summed E-state index contributed by atoms with van der Waals surface area (Å²) in [6.45, 7) is 5.13. The molecule has 0 spiro atoms. The highest BCUT2D eigenvalue weighted by Gasteiger charge is 2.16. The predicted molar refractivity (Wildman–Crippen MR) is 83.6 cm³/mol. The molecule has 2 amide bonds. The molecular formula is C16H22N2O5. The van der Waals surface area contributed by atoms with Crippen LogP contribution in [0.1, 0.15) is 30.6 Å². The summed E-state index contributed by atoms with van der Waals surface area (Å²) in [6, 6.07) is 4.90. The minimum atomic E-state index is -0.332. The number of ether oxygens (including phenoxy) is 3. The van der Waals surface area contributed by atoms with E-state index in [2.05, 4.69) is 10.6 Å². The Labute approximate surface area is 135 Å². The number of rotatable bonds is 8. The SMILES string of the molecule is CC(C)OCCCNC(=O)CNC(=O)c1ccc2c(c1)OCO2. The Morgan fingerprint density at radius 2 is 2.00 bits per heavy atom. The molecule has 0 saturated carbocycles. The Balaban J connectivity index is 1.67. The van der Waals surface area contributed by atoms with Crippen molar-refractivity contribution in [1.82, 2.24) is 10.6 Å². The van der Waals surface area contributed by atoms with Gasteiger partial charge in [0.25, 0.3) is 5.91 Å². The van der Waals surface area contributed by atoms with Crippen LogP contribution in [0, 0.1) is 0 Å². The third kappa shape index (κ3) is 5.45. The van der Waals surface area contributed by atoms with Crippen molar-refractivity contribution in [3.05, 3.63) is 23.8 Å². The fraction of sp³-hybridized carbons (Fsp3) is 0.500. The van der Waals surface area contributed by atoms with Crippen LogP contribution in [0.25, 0.3) is 0 Å². The molecule has 1 aliphatic rings. The summed E-state index contributed by atoms with van der Waals surface area (Å²) in [5.41, 5.74) is 0.424. The second-order valence-electron chi connectivity index (χ2n) is 5.37. The number of benzene rings is 1. The highest BCUT2D eigenvalue weighted by molar-refractivity contribution is 5.97. The molecule has 0 unspecified atom stereocenters. The minimum absolute atomic E-state index is 0.0711. The molecule has 126 valence electrons. The molecule has 0 bridgehead atoms. The monoisotopic (exact) mass is 322 g/mol. The number of hydrogen-bond donors (Lipinski definition) is 2. The average molecular weight is 322 g/mol. The molecule has 0 aliphatic carbocycles. The van der Waals surface area contributed by atoms with Crippen LogP contribution < -0.4 is 20.1 Å². The van der Waals surface area contributed by atoms with E-state index in [9.17, 15) is 9.59 Å². The summed E-state index contributed by atoms with van der Waals surface area (Å²) in [6.07, 6.45) is 0.923. The van der Waals surface area contributed by atoms with E-state index >= 15 is 0 Å². The van der Waals surface area contributed by atoms with Crippen LogP contribution in [0.15, 0.2) is 18.2 Å². The Hall–Kier alpha value is -2.28. The zero-order valence-corrected chi connectivity index (χ0v) is 13.4. The van der Waals surface area contributed by atoms with E-state index in [4.69, 9.17) is 14.2 Å². The fourth-order valence-electron chi connectivity index (χ4n) is 1.98. The van der Waals surface area contributed by atoms with Gasteiger partial charge >= 0.3 is 0 Å². The quantitative estimate of drug-likeness (QED) is 0.700. The molecule has 2 N–H and O–H groups in total. The zero-order valence-electron chi connectivity index (χ0n) is 13.4. The summed E-state index contributed by atoms with van der Waals surface area (Å²) in [4.78, 5) is 23.6. The molecule has 7 heteroatoms. The lowest BCUT2D eigenvalue weighted by molar-refractivity contribution is -0.120. The first-order valence-electron chi connectivity index (χ1n) is 7.62. The fourth-order valence-corrected chi connectivity index (χ4v) is 1.98. The third-order valence-corrected chi connectivity index (χ3v) is 3.14. The van der Waals surface area contributed by atoms with E-state index < -0.39 is 0 Å². The maximum atomic E-state index is 12.0. The molecule has 2 rings (SSSR count). The Morgan fingerprint density at radius 1 is 1.22 bits per heavy atom. The van der Waals surface area contributed by atoms with Gasteiger partial charge in [-0.15, -0.1) is 0 Å². The van der Waals surface area contributed by atoms with Gasteiger partial charge in [-0.05, 0) is 38.5 Å². The second-order valence-corrected chi connectivity index (χ2v) is 5.37. The molecule has 0 saturated heterocycles. The number of fused-ring (bicyclic) bond motifs is 1. The lowest BCUT2D eigenvalue weighted by Gasteiger charge is -2.09. The van der Waals surface area contributed by atoms with Crippen molar-refractivity contribution in [3.8, 4) is 11.5 Å². The van der Waals surface area contributed by atoms with E-state index in [0.29, 0.717) is 30.2 Å². The third-order valence-electron chi connectivity index (χ3n) is 3.14. The van der Waals surface area contributed by atoms with Crippen LogP contribution in [-0.4, -0.2) is 44.4 Å². The van der Waals surface area contributed by atoms with E-state index in [1.807, 2.05) is 13.8 Å². The standard InChI is InChI=1S/C16H22N2O5/c1-11(2)21-7-3-6-17-15(19)9-18-16(20)12-4-5-13-14(8-12)23-10-22-13/h4-5,8,11H,3,6-7,9-10H2,1-2H3,(H,17,19)(H,18,20). The number of amides is 2. The molecule has 7 nitrogen and oxygen atoms in total. The number of carbonyl (C=O) groups excluding carboxylic acids is 2. The normalized spacial score (nSPS) is 12.3. The lowest BCUT2D eigenvalue weighted by Crippen LogP contribution is -2.37. The van der Waals surface area contributed by atoms with Crippen molar-refractivity contribution in [2.75, 3.05) is 26.5 Å². The van der Waals surface area contributed by atoms with Crippen molar-refractivity contribution >= 4 is 11.8 Å². The summed E-state index contributed by atoms with van der Waals surface area (Å²) in [5, 5.41) is 5.30. The summed E-state index contributed by atoms with van der Waals surface area (Å²) >= 11 is 0. The molecular weight excluding hydrogens is 300 g/mol. The van der Waals surface area contributed by atoms with E-state index in [0.717, 1.165) is 6.42 Å². The summed E-state index contributed by atoms with van der Waals surface area (Å²) < 4.78 is 15.8. The number of carbonyl (C=O) groups is 2. The van der Waals surface area contributed by atoms with Gasteiger partial charge in [-0.2, -0.15) is 0 Å². The van der Waals surface area contributed by atoms with Crippen LogP contribution in [0.2, 0.25) is 0 Å². The predicted octanol–water partition coefficient (Wildman–Crippen LogP) is 1.08. The summed E-state index contributed by atoms with van der Waals surface area (Å²) in [5.74, 6) is 0.584. The first-order chi connectivity index (χ1) is 11.1. The van der Waals surface area contributed by atoms with Gasteiger partial charge in [-0.25, -0.2) is 0 Å². The number of nitrogens with one attached hydrogen (secondary N) is 2. The average Bonchev–Trinajstić information content (AvgIpc) is 2.99. The zero-order chi connectivity index (χ0) is 16.7. The molecule has 0 aromatic heterocycles. The maximum Gasteiger partial charge on any atom is 0.251 e. The van der Waals surface area contributed by atoms with Gasteiger partial charge in [0.15, 0.2) is 11.5 Å². The van der Waals surface area contributed by atoms with E-state index in [1.165, 1.54) is 0 Å². The van der Waals surface area contributed by atoms with Crippen molar-refractivity contribution in [1.29, 1.82) is 0 Å². The Morgan fingerprint density at radius 3 is 2.78 bits per heavy atom. The van der Waals surface area contributed by atoms with E-state index in [1.54, 1.807) is 18.2 Å². The second kappa shape index (κ2) is 8.38. The molecule has 0 atom stereocenters. The van der Waals surface area contributed by atoms with Crippen LogP contribution in [0.3, 0.4) is 0 Å². The van der Waals surface area contributed by atoms with Gasteiger partial charge in [0.05, 0.1) is 12.6 Å². The van der Waals surface area contributed by atoms with Gasteiger partial charge in [0.1, 0.15) is 0 Å². The topological polar surface area (TPSA) is 85.9 Å². The first kappa shape index (κ1) is 17.1. The van der Waals surface area contributed by atoms with Crippen LogP contribution in [0.4, 0.5) is 0 Å². The molecule has 0 radical (unpaired) electrons. The molecule has 1 aliphatic heterocycles. The van der Waals surface area contributed by atoms with Crippen LogP contribution in [-0.2, 0) is 9.53 Å². The Bertz CT molecular complexity index is 559. The Kier molecular flexibility index (Phi) is 6.22. The molecule has 0 fully saturated rings. The van der Waals surface area contributed by atoms with Gasteiger partial charge in [0, 0.05) is 18.7 Å². The molecule has 1 aromatic carbocycles. The minimum Gasteiger partial charge on any atom is -0.454 e. The van der Waals surface area contributed by atoms with Gasteiger partial charge in [-0.1, -0.05) is 0 Å². The maximum absolute atomic E-state index is 12.0. The molecule has 1 aromatic rings. The highest BCUT2D eigenvalue weighted by atomic mass is 16.7. The van der Waals surface area contributed by atoms with Crippen LogP contribution in [0.5, 0.6) is 11.5 Å². The van der Waals surface area contributed by atoms with Crippen molar-refractivity contribution in [2.45, 2.75) is 26.4 Å². The molecule has 1 heterocycles. The van der Waals surface area contributed by atoms with Gasteiger partial charge < -0.3 is 24.8 Å². The van der Waals surface area contributed by atoms with Crippen molar-refractivity contribution < 1.29 is 23.8 Å². The van der Waals surface area contributed by atoms with Crippen LogP contribution >= 0.6 is 0 Å². The highest BCUT2D eigenvalue weighted by Crippen LogP contribution is 2.32.